The van der Waals surface area contributed by atoms with Crippen LogP contribution in [0, 0.1) is 0 Å². The molecule has 4 N–H and O–H groups in total. The van der Waals surface area contributed by atoms with Crippen molar-refractivity contribution >= 4 is 15.7 Å². The Balaban J connectivity index is 1.79. The predicted molar refractivity (Wildman–Crippen MR) is 142 cm³/mol. The molecule has 0 aliphatic heterocycles. The number of phenolic OH excluding ortho intramolecular Hbond substituents is 1. The summed E-state index contributed by atoms with van der Waals surface area (Å²) in [5.74, 6) is 0.743. The van der Waals surface area contributed by atoms with E-state index in [1.165, 1.54) is 38.5 Å². The number of aliphatic hydroxyl groups is 1. The molecule has 0 aliphatic carbocycles. The van der Waals surface area contributed by atoms with Crippen molar-refractivity contribution in [1.82, 2.24) is 5.32 Å². The van der Waals surface area contributed by atoms with Gasteiger partial charge < -0.3 is 25.0 Å². The quantitative estimate of drug-likeness (QED) is 0.241. The monoisotopic (exact) mass is 568 g/mol. The lowest BCUT2D eigenvalue weighted by Crippen LogP contribution is -2.32. The molecule has 0 amide bonds. The minimum atomic E-state index is -4.44. The van der Waals surface area contributed by atoms with Gasteiger partial charge >= 0.3 is 6.18 Å². The molecule has 0 saturated heterocycles. The Morgan fingerprint density at radius 1 is 0.897 bits per heavy atom. The summed E-state index contributed by atoms with van der Waals surface area (Å²) in [6.45, 7) is 0.107. The van der Waals surface area contributed by atoms with Crippen LogP contribution in [0.4, 0.5) is 18.9 Å². The summed E-state index contributed by atoms with van der Waals surface area (Å²) in [4.78, 5) is 0. The first-order chi connectivity index (χ1) is 18.3. The molecule has 0 spiro atoms. The fourth-order valence-corrected chi connectivity index (χ4v) is 4.62. The fraction of sp³-hybridized carbons (Fsp3) is 0.333. The van der Waals surface area contributed by atoms with Crippen LogP contribution < -0.4 is 19.5 Å². The number of sulfonamides is 1. The van der Waals surface area contributed by atoms with E-state index in [2.05, 4.69) is 10.0 Å². The van der Waals surface area contributed by atoms with Crippen molar-refractivity contribution in [2.75, 3.05) is 31.7 Å². The van der Waals surface area contributed by atoms with Crippen molar-refractivity contribution in [3.63, 3.8) is 0 Å². The van der Waals surface area contributed by atoms with Gasteiger partial charge in [-0.15, -0.1) is 0 Å². The largest absolute Gasteiger partial charge is 0.506 e. The summed E-state index contributed by atoms with van der Waals surface area (Å²) in [5, 5.41) is 23.9. The molecular weight excluding hydrogens is 537 g/mol. The van der Waals surface area contributed by atoms with Gasteiger partial charge in [-0.1, -0.05) is 24.3 Å². The number of hydrogen-bond acceptors (Lipinski definition) is 7. The van der Waals surface area contributed by atoms with Gasteiger partial charge in [0.05, 0.1) is 37.8 Å². The second-order valence-electron chi connectivity index (χ2n) is 9.06. The van der Waals surface area contributed by atoms with Crippen molar-refractivity contribution in [1.29, 1.82) is 0 Å². The van der Waals surface area contributed by atoms with Gasteiger partial charge in [-0.25, -0.2) is 8.42 Å². The predicted octanol–water partition coefficient (Wildman–Crippen LogP) is 4.28. The van der Waals surface area contributed by atoms with E-state index in [-0.39, 0.29) is 24.4 Å². The minimum absolute atomic E-state index is 0.000618. The minimum Gasteiger partial charge on any atom is -0.506 e. The van der Waals surface area contributed by atoms with E-state index in [1.54, 1.807) is 24.3 Å². The molecule has 0 heterocycles. The smallest absolute Gasteiger partial charge is 0.416 e. The molecule has 0 saturated carbocycles. The first-order valence-corrected chi connectivity index (χ1v) is 13.8. The zero-order valence-electron chi connectivity index (χ0n) is 21.6. The molecule has 3 aromatic carbocycles. The highest BCUT2D eigenvalue weighted by Crippen LogP contribution is 2.33. The second kappa shape index (κ2) is 12.6. The zero-order valence-corrected chi connectivity index (χ0v) is 22.4. The van der Waals surface area contributed by atoms with Gasteiger partial charge in [-0.2, -0.15) is 13.2 Å². The highest BCUT2D eigenvalue weighted by molar-refractivity contribution is 7.92. The third-order valence-electron chi connectivity index (χ3n) is 5.96. The molecule has 39 heavy (non-hydrogen) atoms. The lowest BCUT2D eigenvalue weighted by Gasteiger charge is -2.23. The Labute approximate surface area is 225 Å². The Kier molecular flexibility index (Phi) is 9.70. The summed E-state index contributed by atoms with van der Waals surface area (Å²) in [5.41, 5.74) is 1.26. The molecule has 0 bridgehead atoms. The van der Waals surface area contributed by atoms with Crippen molar-refractivity contribution in [2.24, 2.45) is 0 Å². The number of halogens is 3. The number of ether oxygens (including phenoxy) is 2. The van der Waals surface area contributed by atoms with Gasteiger partial charge in [0, 0.05) is 12.6 Å². The van der Waals surface area contributed by atoms with Crippen LogP contribution >= 0.6 is 0 Å². The van der Waals surface area contributed by atoms with E-state index in [0.717, 1.165) is 24.0 Å². The summed E-state index contributed by atoms with van der Waals surface area (Å²) < 4.78 is 75.0. The van der Waals surface area contributed by atoms with Gasteiger partial charge in [0.25, 0.3) is 0 Å². The van der Waals surface area contributed by atoms with Crippen LogP contribution in [-0.4, -0.2) is 51.8 Å². The van der Waals surface area contributed by atoms with Gasteiger partial charge in [0.2, 0.25) is 10.0 Å². The van der Waals surface area contributed by atoms with Crippen LogP contribution in [0.15, 0.2) is 60.7 Å². The molecule has 12 heteroatoms. The van der Waals surface area contributed by atoms with Crippen molar-refractivity contribution in [2.45, 2.75) is 31.2 Å². The molecule has 8 nitrogen and oxygen atoms in total. The van der Waals surface area contributed by atoms with Crippen molar-refractivity contribution < 1.29 is 41.3 Å². The van der Waals surface area contributed by atoms with Crippen molar-refractivity contribution in [3.8, 4) is 17.2 Å². The van der Waals surface area contributed by atoms with Gasteiger partial charge in [0.1, 0.15) is 5.75 Å². The third-order valence-corrected chi connectivity index (χ3v) is 6.55. The fourth-order valence-electron chi connectivity index (χ4n) is 4.06. The highest BCUT2D eigenvalue weighted by Gasteiger charge is 2.30. The zero-order chi connectivity index (χ0) is 28.8. The SMILES string of the molecule is COc1ccc([C@@H](Cc2ccc(C(F)(F)F)cc2)NC[C@@H](O)Cc2ccc(O)c(NS(C)(=O)=O)c2)cc1OC. The first-order valence-electron chi connectivity index (χ1n) is 11.9. The second-order valence-corrected chi connectivity index (χ2v) is 10.8. The van der Waals surface area contributed by atoms with Crippen LogP contribution in [0.5, 0.6) is 17.2 Å². The average molecular weight is 569 g/mol. The number of nitrogens with one attached hydrogen (secondary N) is 2. The highest BCUT2D eigenvalue weighted by atomic mass is 32.2. The lowest BCUT2D eigenvalue weighted by molar-refractivity contribution is -0.137. The van der Waals surface area contributed by atoms with Crippen LogP contribution in [-0.2, 0) is 29.0 Å². The molecule has 0 fully saturated rings. The summed E-state index contributed by atoms with van der Waals surface area (Å²) in [6, 6.07) is 14.1. The summed E-state index contributed by atoms with van der Waals surface area (Å²) in [6.07, 6.45) is -3.92. The number of aromatic hydroxyl groups is 1. The molecule has 0 aliphatic rings. The average Bonchev–Trinajstić information content (AvgIpc) is 2.87. The maximum atomic E-state index is 13.0. The number of hydrogen-bond donors (Lipinski definition) is 4. The lowest BCUT2D eigenvalue weighted by atomic mass is 9.97. The Hall–Kier alpha value is -3.48. The first kappa shape index (κ1) is 30.1. The van der Waals surface area contributed by atoms with Crippen LogP contribution in [0.2, 0.25) is 0 Å². The van der Waals surface area contributed by atoms with Gasteiger partial charge in [-0.3, -0.25) is 4.72 Å². The van der Waals surface area contributed by atoms with Gasteiger partial charge in [-0.05, 0) is 65.9 Å². The molecule has 212 valence electrons. The number of methoxy groups -OCH3 is 2. The molecule has 0 aromatic heterocycles. The Morgan fingerprint density at radius 2 is 1.54 bits per heavy atom. The molecule has 3 rings (SSSR count). The number of alkyl halides is 3. The number of rotatable bonds is 12. The number of aliphatic hydroxyl groups excluding tert-OH is 1. The van der Waals surface area contributed by atoms with Crippen LogP contribution in [0.3, 0.4) is 0 Å². The molecule has 3 aromatic rings. The van der Waals surface area contributed by atoms with Crippen molar-refractivity contribution in [3.05, 3.63) is 82.9 Å². The third kappa shape index (κ3) is 8.77. The van der Waals surface area contributed by atoms with Crippen LogP contribution in [0.1, 0.15) is 28.3 Å². The van der Waals surface area contributed by atoms with Gasteiger partial charge in [0.15, 0.2) is 11.5 Å². The number of benzene rings is 3. The Morgan fingerprint density at radius 3 is 2.13 bits per heavy atom. The maximum absolute atomic E-state index is 13.0. The van der Waals surface area contributed by atoms with E-state index in [4.69, 9.17) is 9.47 Å². The molecule has 2 atom stereocenters. The van der Waals surface area contributed by atoms with E-state index in [9.17, 15) is 31.8 Å². The maximum Gasteiger partial charge on any atom is 0.416 e. The standard InChI is InChI=1S/C27H31F3N2O6S/c1-37-25-11-7-19(15-26(25)38-2)22(13-17-4-8-20(9-5-17)27(28,29)30)31-16-21(33)12-18-6-10-24(34)23(14-18)32-39(3,35)36/h4-11,14-15,21-22,31-34H,12-13,16H2,1-3H3/t21-,22+/m0/s1. The number of anilines is 1. The molecular formula is C27H31F3N2O6S. The number of phenols is 1. The van der Waals surface area contributed by atoms with E-state index < -0.39 is 33.9 Å². The van der Waals surface area contributed by atoms with E-state index in [1.807, 2.05) is 0 Å². The molecule has 0 radical (unpaired) electrons. The molecule has 0 unspecified atom stereocenters. The topological polar surface area (TPSA) is 117 Å². The van der Waals surface area contributed by atoms with Crippen LogP contribution in [0.25, 0.3) is 0 Å². The summed E-state index contributed by atoms with van der Waals surface area (Å²) >= 11 is 0. The van der Waals surface area contributed by atoms with E-state index >= 15 is 0 Å². The van der Waals surface area contributed by atoms with E-state index in [0.29, 0.717) is 29.0 Å². The normalized spacial score (nSPS) is 13.5. The summed E-state index contributed by atoms with van der Waals surface area (Å²) in [7, 11) is -0.615. The Bertz CT molecular complexity index is 1360.